The highest BCUT2D eigenvalue weighted by molar-refractivity contribution is 7.99. The van der Waals surface area contributed by atoms with Gasteiger partial charge in [-0.25, -0.2) is 4.98 Å². The predicted molar refractivity (Wildman–Crippen MR) is 77.8 cm³/mol. The minimum atomic E-state index is -0.0215. The van der Waals surface area contributed by atoms with E-state index in [1.54, 1.807) is 7.11 Å². The monoisotopic (exact) mass is 298 g/mol. The molecule has 1 heterocycles. The normalized spacial score (nSPS) is 17.3. The van der Waals surface area contributed by atoms with Gasteiger partial charge in [0.15, 0.2) is 0 Å². The van der Waals surface area contributed by atoms with Crippen LogP contribution < -0.4 is 5.32 Å². The van der Waals surface area contributed by atoms with Crippen LogP contribution in [0.1, 0.15) is 44.3 Å². The smallest absolute Gasteiger partial charge is 0.230 e. The summed E-state index contributed by atoms with van der Waals surface area (Å²) in [5.41, 5.74) is 0. The van der Waals surface area contributed by atoms with Crippen molar-refractivity contribution in [3.63, 3.8) is 0 Å². The highest BCUT2D eigenvalue weighted by Gasteiger charge is 2.20. The van der Waals surface area contributed by atoms with Crippen LogP contribution in [0, 0.1) is 0 Å². The molecule has 1 aliphatic rings. The van der Waals surface area contributed by atoms with Crippen LogP contribution in [-0.4, -0.2) is 46.6 Å². The maximum absolute atomic E-state index is 11.7. The number of carbonyl (C=O) groups is 1. The summed E-state index contributed by atoms with van der Waals surface area (Å²) in [6.45, 7) is 2.43. The van der Waals surface area contributed by atoms with E-state index in [9.17, 15) is 4.79 Å². The second-order valence-electron chi connectivity index (χ2n) is 5.20. The first-order valence-corrected chi connectivity index (χ1v) is 8.01. The molecule has 0 spiro atoms. The van der Waals surface area contributed by atoms with Gasteiger partial charge >= 0.3 is 0 Å². The largest absolute Gasteiger partial charge is 0.383 e. The first-order chi connectivity index (χ1) is 9.69. The van der Waals surface area contributed by atoms with E-state index in [1.165, 1.54) is 37.4 Å². The minimum Gasteiger partial charge on any atom is -0.383 e. The van der Waals surface area contributed by atoms with E-state index in [-0.39, 0.29) is 11.9 Å². The van der Waals surface area contributed by atoms with E-state index in [0.29, 0.717) is 23.4 Å². The van der Waals surface area contributed by atoms with Gasteiger partial charge in [0.05, 0.1) is 12.4 Å². The van der Waals surface area contributed by atoms with Crippen molar-refractivity contribution in [2.24, 2.45) is 0 Å². The standard InChI is InChI=1S/C13H22N4O2S/c1-9(7-19-2)14-11(18)8-20-13-15-12(16-17-13)10-5-3-4-6-10/h9-10H,3-8H2,1-2H3,(H,14,18)(H,15,16,17). The van der Waals surface area contributed by atoms with Crippen LogP contribution in [0.2, 0.25) is 0 Å². The summed E-state index contributed by atoms with van der Waals surface area (Å²) >= 11 is 1.36. The van der Waals surface area contributed by atoms with Gasteiger partial charge in [-0.3, -0.25) is 9.89 Å². The summed E-state index contributed by atoms with van der Waals surface area (Å²) in [6.07, 6.45) is 4.92. The van der Waals surface area contributed by atoms with E-state index in [1.807, 2.05) is 6.92 Å². The Labute approximate surface area is 123 Å². The highest BCUT2D eigenvalue weighted by atomic mass is 32.2. The number of thioether (sulfide) groups is 1. The second-order valence-corrected chi connectivity index (χ2v) is 6.14. The summed E-state index contributed by atoms with van der Waals surface area (Å²) in [5.74, 6) is 1.80. The Morgan fingerprint density at radius 2 is 2.30 bits per heavy atom. The molecular formula is C13H22N4O2S. The molecule has 112 valence electrons. The fourth-order valence-corrected chi connectivity index (χ4v) is 3.06. The van der Waals surface area contributed by atoms with Crippen LogP contribution >= 0.6 is 11.8 Å². The Bertz CT molecular complexity index is 432. The summed E-state index contributed by atoms with van der Waals surface area (Å²) in [5, 5.41) is 10.7. The fourth-order valence-electron chi connectivity index (χ4n) is 2.44. The molecule has 1 fully saturated rings. The van der Waals surface area contributed by atoms with E-state index in [2.05, 4.69) is 20.5 Å². The van der Waals surface area contributed by atoms with E-state index < -0.39 is 0 Å². The third kappa shape index (κ3) is 4.49. The molecule has 2 N–H and O–H groups in total. The Kier molecular flexibility index (Phi) is 5.85. The van der Waals surface area contributed by atoms with Crippen LogP contribution in [0.3, 0.4) is 0 Å². The quantitative estimate of drug-likeness (QED) is 0.749. The minimum absolute atomic E-state index is 0.0215. The number of methoxy groups -OCH3 is 1. The lowest BCUT2D eigenvalue weighted by Gasteiger charge is -2.11. The van der Waals surface area contributed by atoms with Crippen LogP contribution in [-0.2, 0) is 9.53 Å². The lowest BCUT2D eigenvalue weighted by Crippen LogP contribution is -2.36. The average Bonchev–Trinajstić information content (AvgIpc) is 3.07. The third-order valence-corrected chi connectivity index (χ3v) is 4.23. The molecule has 2 rings (SSSR count). The fraction of sp³-hybridized carbons (Fsp3) is 0.769. The third-order valence-electron chi connectivity index (χ3n) is 3.38. The van der Waals surface area contributed by atoms with Crippen molar-refractivity contribution in [3.8, 4) is 0 Å². The lowest BCUT2D eigenvalue weighted by atomic mass is 10.1. The molecule has 0 aromatic carbocycles. The van der Waals surface area contributed by atoms with Gasteiger partial charge in [0.1, 0.15) is 5.82 Å². The molecule has 1 aromatic heterocycles. The molecule has 1 amide bonds. The molecular weight excluding hydrogens is 276 g/mol. The van der Waals surface area contributed by atoms with E-state index in [4.69, 9.17) is 4.74 Å². The summed E-state index contributed by atoms with van der Waals surface area (Å²) in [4.78, 5) is 16.2. The Balaban J connectivity index is 1.75. The van der Waals surface area contributed by atoms with Gasteiger partial charge < -0.3 is 10.1 Å². The van der Waals surface area contributed by atoms with Crippen molar-refractivity contribution in [2.45, 2.75) is 49.7 Å². The molecule has 6 nitrogen and oxygen atoms in total. The number of ether oxygens (including phenoxy) is 1. The molecule has 1 aliphatic carbocycles. The summed E-state index contributed by atoms with van der Waals surface area (Å²) < 4.78 is 4.98. The molecule has 20 heavy (non-hydrogen) atoms. The molecule has 1 unspecified atom stereocenters. The van der Waals surface area contributed by atoms with Gasteiger partial charge in [-0.1, -0.05) is 24.6 Å². The number of nitrogens with one attached hydrogen (secondary N) is 2. The molecule has 1 aromatic rings. The zero-order valence-electron chi connectivity index (χ0n) is 12.0. The molecule has 7 heteroatoms. The number of aromatic amines is 1. The average molecular weight is 298 g/mol. The Morgan fingerprint density at radius 3 is 3.00 bits per heavy atom. The van der Waals surface area contributed by atoms with Gasteiger partial charge in [-0.2, -0.15) is 0 Å². The van der Waals surface area contributed by atoms with Crippen molar-refractivity contribution in [1.29, 1.82) is 0 Å². The molecule has 0 radical (unpaired) electrons. The maximum Gasteiger partial charge on any atom is 0.230 e. The molecule has 1 atom stereocenters. The van der Waals surface area contributed by atoms with Gasteiger partial charge in [0.25, 0.3) is 0 Å². The van der Waals surface area contributed by atoms with Gasteiger partial charge in [-0.15, -0.1) is 5.10 Å². The zero-order chi connectivity index (χ0) is 14.4. The van der Waals surface area contributed by atoms with Gasteiger partial charge in [-0.05, 0) is 19.8 Å². The number of nitrogens with zero attached hydrogens (tertiary/aromatic N) is 2. The first-order valence-electron chi connectivity index (χ1n) is 7.02. The molecule has 0 bridgehead atoms. The first kappa shape index (κ1) is 15.3. The number of rotatable bonds is 7. The Hall–Kier alpha value is -1.08. The second kappa shape index (κ2) is 7.64. The van der Waals surface area contributed by atoms with Crippen molar-refractivity contribution < 1.29 is 9.53 Å². The summed E-state index contributed by atoms with van der Waals surface area (Å²) in [7, 11) is 1.62. The number of carbonyl (C=O) groups excluding carboxylic acids is 1. The van der Waals surface area contributed by atoms with Crippen molar-refractivity contribution in [2.75, 3.05) is 19.5 Å². The number of hydrogen-bond donors (Lipinski definition) is 2. The van der Waals surface area contributed by atoms with Crippen molar-refractivity contribution in [1.82, 2.24) is 20.5 Å². The molecule has 1 saturated carbocycles. The highest BCUT2D eigenvalue weighted by Crippen LogP contribution is 2.32. The topological polar surface area (TPSA) is 79.9 Å². The van der Waals surface area contributed by atoms with Crippen LogP contribution in [0.5, 0.6) is 0 Å². The van der Waals surface area contributed by atoms with Crippen molar-refractivity contribution in [3.05, 3.63) is 5.82 Å². The van der Waals surface area contributed by atoms with Crippen LogP contribution in [0.25, 0.3) is 0 Å². The summed E-state index contributed by atoms with van der Waals surface area (Å²) in [6, 6.07) is 0.0225. The van der Waals surface area contributed by atoms with E-state index >= 15 is 0 Å². The van der Waals surface area contributed by atoms with E-state index in [0.717, 1.165) is 5.82 Å². The van der Waals surface area contributed by atoms with Gasteiger partial charge in [0.2, 0.25) is 11.1 Å². The SMILES string of the molecule is COCC(C)NC(=O)CSc1n[nH]c(C2CCCC2)n1. The van der Waals surface area contributed by atoms with Gasteiger partial charge in [0, 0.05) is 19.1 Å². The molecule has 0 saturated heterocycles. The number of hydrogen-bond acceptors (Lipinski definition) is 5. The van der Waals surface area contributed by atoms with Crippen LogP contribution in [0.15, 0.2) is 5.16 Å². The maximum atomic E-state index is 11.7. The number of H-pyrrole nitrogens is 1. The van der Waals surface area contributed by atoms with Crippen LogP contribution in [0.4, 0.5) is 0 Å². The zero-order valence-corrected chi connectivity index (χ0v) is 12.8. The van der Waals surface area contributed by atoms with Crippen molar-refractivity contribution >= 4 is 17.7 Å². The number of aromatic nitrogens is 3. The Morgan fingerprint density at radius 1 is 1.55 bits per heavy atom. The lowest BCUT2D eigenvalue weighted by molar-refractivity contribution is -0.119. The molecule has 0 aliphatic heterocycles. The number of amides is 1. The predicted octanol–water partition coefficient (Wildman–Crippen LogP) is 1.71.